The van der Waals surface area contributed by atoms with E-state index in [0.29, 0.717) is 17.2 Å². The fraction of sp³-hybridized carbons (Fsp3) is 0.294. The Labute approximate surface area is 143 Å². The van der Waals surface area contributed by atoms with Crippen LogP contribution in [0.4, 0.5) is 0 Å². The number of rotatable bonds is 4. The summed E-state index contributed by atoms with van der Waals surface area (Å²) in [6.07, 6.45) is 3.67. The van der Waals surface area contributed by atoms with Gasteiger partial charge in [0.15, 0.2) is 0 Å². The number of carbonyl (C=O) groups excluding carboxylic acids is 1. The molecule has 2 aromatic rings. The summed E-state index contributed by atoms with van der Waals surface area (Å²) in [7, 11) is 0. The van der Waals surface area contributed by atoms with Gasteiger partial charge < -0.3 is 15.4 Å². The van der Waals surface area contributed by atoms with Crippen LogP contribution < -0.4 is 15.4 Å². The fourth-order valence-electron chi connectivity index (χ4n) is 2.53. The van der Waals surface area contributed by atoms with Gasteiger partial charge in [-0.25, -0.2) is 4.98 Å². The third kappa shape index (κ3) is 4.30. The van der Waals surface area contributed by atoms with E-state index in [2.05, 4.69) is 31.5 Å². The Morgan fingerprint density at radius 3 is 3.04 bits per heavy atom. The minimum Gasteiger partial charge on any atom is -0.438 e. The number of aromatic nitrogens is 1. The van der Waals surface area contributed by atoms with E-state index in [4.69, 9.17) is 4.74 Å². The molecule has 1 atom stereocenters. The zero-order chi connectivity index (χ0) is 16.1. The van der Waals surface area contributed by atoms with Crippen molar-refractivity contribution in [2.24, 2.45) is 0 Å². The third-order valence-electron chi connectivity index (χ3n) is 3.66. The van der Waals surface area contributed by atoms with Gasteiger partial charge in [0.05, 0.1) is 0 Å². The van der Waals surface area contributed by atoms with Crippen LogP contribution in [-0.2, 0) is 0 Å². The number of pyridine rings is 1. The normalized spacial score (nSPS) is 17.5. The molecule has 1 amide bonds. The first-order valence-corrected chi connectivity index (χ1v) is 8.42. The Morgan fingerprint density at radius 2 is 2.26 bits per heavy atom. The summed E-state index contributed by atoms with van der Waals surface area (Å²) in [4.78, 5) is 16.7. The standard InChI is InChI=1S/C17H18BrN3O2/c18-12-4-1-6-14(10-12)23-17-15(7-3-9-20-17)16(22)21-13-5-2-8-19-11-13/h1,3-4,6-7,9-10,13,19H,2,5,8,11H2,(H,21,22)/t13-/m0/s1. The van der Waals surface area contributed by atoms with Crippen LogP contribution in [0.1, 0.15) is 23.2 Å². The molecule has 1 aliphatic rings. The number of carbonyl (C=O) groups is 1. The summed E-state index contributed by atoms with van der Waals surface area (Å²) in [5.74, 6) is 0.787. The molecule has 1 aromatic heterocycles. The number of ether oxygens (including phenoxy) is 1. The van der Waals surface area contributed by atoms with Crippen molar-refractivity contribution in [3.05, 3.63) is 52.6 Å². The first-order valence-electron chi connectivity index (χ1n) is 7.62. The van der Waals surface area contributed by atoms with E-state index in [1.54, 1.807) is 18.3 Å². The van der Waals surface area contributed by atoms with Crippen molar-refractivity contribution in [3.8, 4) is 11.6 Å². The average molecular weight is 376 g/mol. The maximum Gasteiger partial charge on any atom is 0.257 e. The number of hydrogen-bond donors (Lipinski definition) is 2. The molecule has 1 saturated heterocycles. The quantitative estimate of drug-likeness (QED) is 0.861. The number of nitrogens with one attached hydrogen (secondary N) is 2. The van der Waals surface area contributed by atoms with Crippen molar-refractivity contribution < 1.29 is 9.53 Å². The van der Waals surface area contributed by atoms with E-state index >= 15 is 0 Å². The smallest absolute Gasteiger partial charge is 0.257 e. The summed E-state index contributed by atoms with van der Waals surface area (Å²) in [5, 5.41) is 6.33. The molecule has 0 unspecified atom stereocenters. The van der Waals surface area contributed by atoms with Crippen molar-refractivity contribution in [1.29, 1.82) is 0 Å². The number of hydrogen-bond acceptors (Lipinski definition) is 4. The van der Waals surface area contributed by atoms with E-state index in [1.807, 2.05) is 24.3 Å². The highest BCUT2D eigenvalue weighted by atomic mass is 79.9. The second kappa shape index (κ2) is 7.57. The number of amides is 1. The Bertz CT molecular complexity index is 687. The summed E-state index contributed by atoms with van der Waals surface area (Å²) in [5.41, 5.74) is 0.443. The van der Waals surface area contributed by atoms with Gasteiger partial charge >= 0.3 is 0 Å². The van der Waals surface area contributed by atoms with E-state index < -0.39 is 0 Å². The molecule has 0 spiro atoms. The molecule has 120 valence electrons. The van der Waals surface area contributed by atoms with Crippen LogP contribution >= 0.6 is 15.9 Å². The van der Waals surface area contributed by atoms with E-state index in [-0.39, 0.29) is 11.9 Å². The molecule has 23 heavy (non-hydrogen) atoms. The molecule has 0 radical (unpaired) electrons. The lowest BCUT2D eigenvalue weighted by Crippen LogP contribution is -2.45. The lowest BCUT2D eigenvalue weighted by atomic mass is 10.1. The molecule has 2 N–H and O–H groups in total. The van der Waals surface area contributed by atoms with Crippen LogP contribution in [0.2, 0.25) is 0 Å². The number of nitrogens with zero attached hydrogens (tertiary/aromatic N) is 1. The summed E-state index contributed by atoms with van der Waals surface area (Å²) in [6, 6.07) is 11.1. The molecule has 5 nitrogen and oxygen atoms in total. The van der Waals surface area contributed by atoms with Crippen molar-refractivity contribution in [3.63, 3.8) is 0 Å². The van der Waals surface area contributed by atoms with Crippen LogP contribution in [0.5, 0.6) is 11.6 Å². The zero-order valence-electron chi connectivity index (χ0n) is 12.6. The van der Waals surface area contributed by atoms with Gasteiger partial charge in [-0.2, -0.15) is 0 Å². The lowest BCUT2D eigenvalue weighted by molar-refractivity contribution is 0.0927. The predicted octanol–water partition coefficient (Wildman–Crippen LogP) is 3.12. The van der Waals surface area contributed by atoms with Gasteiger partial charge in [-0.3, -0.25) is 4.79 Å². The molecule has 0 aliphatic carbocycles. The Balaban J connectivity index is 1.75. The molecular formula is C17H18BrN3O2. The molecule has 2 heterocycles. The molecule has 1 fully saturated rings. The van der Waals surface area contributed by atoms with Gasteiger partial charge in [-0.1, -0.05) is 22.0 Å². The number of halogens is 1. The Kier molecular flexibility index (Phi) is 5.25. The van der Waals surface area contributed by atoms with Gasteiger partial charge in [0.25, 0.3) is 5.91 Å². The SMILES string of the molecule is O=C(N[C@H]1CCCNC1)c1cccnc1Oc1cccc(Br)c1. The second-order valence-corrected chi connectivity index (χ2v) is 6.35. The first-order chi connectivity index (χ1) is 11.2. The van der Waals surface area contributed by atoms with E-state index in [9.17, 15) is 4.79 Å². The van der Waals surface area contributed by atoms with Gasteiger partial charge in [0, 0.05) is 23.3 Å². The maximum atomic E-state index is 12.5. The van der Waals surface area contributed by atoms with Gasteiger partial charge in [0.1, 0.15) is 11.3 Å². The highest BCUT2D eigenvalue weighted by molar-refractivity contribution is 9.10. The number of piperidine rings is 1. The zero-order valence-corrected chi connectivity index (χ0v) is 14.2. The molecule has 3 rings (SSSR count). The first kappa shape index (κ1) is 16.0. The van der Waals surface area contributed by atoms with Gasteiger partial charge in [-0.15, -0.1) is 0 Å². The van der Waals surface area contributed by atoms with Crippen molar-refractivity contribution >= 4 is 21.8 Å². The summed E-state index contributed by atoms with van der Waals surface area (Å²) >= 11 is 3.40. The van der Waals surface area contributed by atoms with Crippen LogP contribution in [0, 0.1) is 0 Å². The lowest BCUT2D eigenvalue weighted by Gasteiger charge is -2.24. The molecule has 6 heteroatoms. The van der Waals surface area contributed by atoms with Crippen LogP contribution in [0.15, 0.2) is 47.1 Å². The maximum absolute atomic E-state index is 12.5. The van der Waals surface area contributed by atoms with Gasteiger partial charge in [-0.05, 0) is 49.7 Å². The Hall–Kier alpha value is -1.92. The average Bonchev–Trinajstić information content (AvgIpc) is 2.56. The number of benzene rings is 1. The topological polar surface area (TPSA) is 63.2 Å². The minimum absolute atomic E-state index is 0.148. The third-order valence-corrected chi connectivity index (χ3v) is 4.15. The van der Waals surface area contributed by atoms with Crippen LogP contribution in [0.25, 0.3) is 0 Å². The Morgan fingerprint density at radius 1 is 1.35 bits per heavy atom. The summed E-state index contributed by atoms with van der Waals surface area (Å²) in [6.45, 7) is 1.81. The van der Waals surface area contributed by atoms with Gasteiger partial charge in [0.2, 0.25) is 5.88 Å². The molecule has 1 aliphatic heterocycles. The van der Waals surface area contributed by atoms with Crippen LogP contribution in [-0.4, -0.2) is 30.0 Å². The minimum atomic E-state index is -0.156. The molecule has 0 bridgehead atoms. The van der Waals surface area contributed by atoms with Crippen molar-refractivity contribution in [2.75, 3.05) is 13.1 Å². The van der Waals surface area contributed by atoms with Crippen LogP contribution in [0.3, 0.4) is 0 Å². The highest BCUT2D eigenvalue weighted by Gasteiger charge is 2.19. The molecule has 1 aromatic carbocycles. The monoisotopic (exact) mass is 375 g/mol. The molecular weight excluding hydrogens is 358 g/mol. The second-order valence-electron chi connectivity index (χ2n) is 5.43. The summed E-state index contributed by atoms with van der Waals surface area (Å²) < 4.78 is 6.69. The van der Waals surface area contributed by atoms with Crippen molar-refractivity contribution in [2.45, 2.75) is 18.9 Å². The van der Waals surface area contributed by atoms with E-state index in [0.717, 1.165) is 30.4 Å². The highest BCUT2D eigenvalue weighted by Crippen LogP contribution is 2.25. The van der Waals surface area contributed by atoms with E-state index in [1.165, 1.54) is 0 Å². The molecule has 0 saturated carbocycles. The largest absolute Gasteiger partial charge is 0.438 e. The van der Waals surface area contributed by atoms with Crippen molar-refractivity contribution in [1.82, 2.24) is 15.6 Å². The predicted molar refractivity (Wildman–Crippen MR) is 91.8 cm³/mol. The fourth-order valence-corrected chi connectivity index (χ4v) is 2.90.